The van der Waals surface area contributed by atoms with Crippen molar-refractivity contribution in [2.24, 2.45) is 5.92 Å². The van der Waals surface area contributed by atoms with Crippen molar-refractivity contribution in [3.63, 3.8) is 0 Å². The molecule has 0 fully saturated rings. The molecule has 1 aromatic heterocycles. The van der Waals surface area contributed by atoms with E-state index in [-0.39, 0.29) is 0 Å². The lowest BCUT2D eigenvalue weighted by atomic mass is 10.2. The fourth-order valence-corrected chi connectivity index (χ4v) is 2.12. The molecule has 0 saturated heterocycles. The minimum absolute atomic E-state index is 0.342. The normalized spacial score (nSPS) is 11.2. The molecule has 0 bridgehead atoms. The summed E-state index contributed by atoms with van der Waals surface area (Å²) < 4.78 is 0. The maximum Gasteiger partial charge on any atom is 0.131 e. The zero-order chi connectivity index (χ0) is 16.0. The Balaban J connectivity index is 2.96. The van der Waals surface area contributed by atoms with Gasteiger partial charge in [0.2, 0.25) is 0 Å². The number of nitrogens with one attached hydrogen (secondary N) is 1. The van der Waals surface area contributed by atoms with E-state index in [9.17, 15) is 0 Å². The highest BCUT2D eigenvalue weighted by Crippen LogP contribution is 2.20. The lowest BCUT2D eigenvalue weighted by Crippen LogP contribution is -2.25. The molecule has 0 aliphatic carbocycles. The lowest BCUT2D eigenvalue weighted by molar-refractivity contribution is 0.546. The molecule has 1 aromatic rings. The van der Waals surface area contributed by atoms with Crippen molar-refractivity contribution < 1.29 is 0 Å². The minimum Gasteiger partial charge on any atom is -0.368 e. The molecule has 118 valence electrons. The molecule has 0 unspecified atom stereocenters. The Morgan fingerprint density at radius 1 is 1.33 bits per heavy atom. The monoisotopic (exact) mass is 290 g/mol. The fourth-order valence-electron chi connectivity index (χ4n) is 2.12. The Morgan fingerprint density at radius 2 is 2.00 bits per heavy atom. The molecule has 21 heavy (non-hydrogen) atoms. The van der Waals surface area contributed by atoms with Gasteiger partial charge in [-0.05, 0) is 19.4 Å². The van der Waals surface area contributed by atoms with Crippen LogP contribution in [0.15, 0.2) is 18.3 Å². The number of hydrogen-bond donors (Lipinski definition) is 1. The highest BCUT2D eigenvalue weighted by Gasteiger charge is 2.13. The van der Waals surface area contributed by atoms with Gasteiger partial charge >= 0.3 is 0 Å². The molecule has 1 N–H and O–H groups in total. The van der Waals surface area contributed by atoms with Crippen LogP contribution in [-0.2, 0) is 6.54 Å². The second-order valence-electron chi connectivity index (χ2n) is 6.55. The van der Waals surface area contributed by atoms with E-state index in [1.165, 1.54) is 0 Å². The van der Waals surface area contributed by atoms with Crippen molar-refractivity contribution in [2.75, 3.05) is 25.0 Å². The Kier molecular flexibility index (Phi) is 6.82. The van der Waals surface area contributed by atoms with E-state index in [0.29, 0.717) is 11.8 Å². The molecule has 0 spiro atoms. The molecular formula is C17H30N4. The van der Waals surface area contributed by atoms with Gasteiger partial charge in [0.05, 0.1) is 17.6 Å². The molecule has 1 rings (SSSR count). The smallest absolute Gasteiger partial charge is 0.131 e. The van der Waals surface area contributed by atoms with Gasteiger partial charge in [-0.1, -0.05) is 39.8 Å². The van der Waals surface area contributed by atoms with Gasteiger partial charge in [0, 0.05) is 26.1 Å². The molecule has 1 heterocycles. The molecule has 0 radical (unpaired) electrons. The van der Waals surface area contributed by atoms with Crippen molar-refractivity contribution in [1.29, 1.82) is 0 Å². The van der Waals surface area contributed by atoms with Gasteiger partial charge in [0.15, 0.2) is 0 Å². The number of nitrogens with zero attached hydrogens (tertiary/aromatic N) is 3. The quantitative estimate of drug-likeness (QED) is 0.745. The second kappa shape index (κ2) is 8.13. The molecule has 0 atom stereocenters. The first kappa shape index (κ1) is 17.6. The van der Waals surface area contributed by atoms with E-state index in [1.807, 2.05) is 13.1 Å². The minimum atomic E-state index is 0.342. The van der Waals surface area contributed by atoms with Crippen LogP contribution in [0.25, 0.3) is 0 Å². The summed E-state index contributed by atoms with van der Waals surface area (Å²) in [7, 11) is 2.06. The number of likely N-dealkylation sites (N-methyl/N-ethyl adjacent to an activating group) is 1. The average molecular weight is 290 g/mol. The van der Waals surface area contributed by atoms with Gasteiger partial charge in [0.1, 0.15) is 5.82 Å². The predicted octanol–water partition coefficient (Wildman–Crippen LogP) is 3.36. The maximum absolute atomic E-state index is 4.75. The highest BCUT2D eigenvalue weighted by atomic mass is 15.1. The first-order valence-corrected chi connectivity index (χ1v) is 7.73. The maximum atomic E-state index is 4.75. The second-order valence-corrected chi connectivity index (χ2v) is 6.55. The molecule has 0 aliphatic heterocycles. The summed E-state index contributed by atoms with van der Waals surface area (Å²) in [6.45, 7) is 17.3. The van der Waals surface area contributed by atoms with E-state index in [4.69, 9.17) is 4.98 Å². The fraction of sp³-hybridized carbons (Fsp3) is 0.647. The number of rotatable bonds is 8. The Labute approximate surface area is 129 Å². The Morgan fingerprint density at radius 3 is 2.52 bits per heavy atom. The number of hydrogen-bond acceptors (Lipinski definition) is 4. The van der Waals surface area contributed by atoms with Crippen LogP contribution in [-0.4, -0.2) is 30.1 Å². The van der Waals surface area contributed by atoms with E-state index in [1.54, 1.807) is 0 Å². The number of aromatic nitrogens is 2. The molecule has 0 aliphatic rings. The van der Waals surface area contributed by atoms with Crippen molar-refractivity contribution in [3.05, 3.63) is 29.9 Å². The largest absolute Gasteiger partial charge is 0.368 e. The van der Waals surface area contributed by atoms with Crippen molar-refractivity contribution in [3.8, 4) is 0 Å². The summed E-state index contributed by atoms with van der Waals surface area (Å²) in [5, 5.41) is 3.48. The van der Waals surface area contributed by atoms with Crippen molar-refractivity contribution >= 4 is 5.69 Å². The summed E-state index contributed by atoms with van der Waals surface area (Å²) in [5.74, 6) is 1.88. The molecular weight excluding hydrogens is 260 g/mol. The van der Waals surface area contributed by atoms with E-state index < -0.39 is 0 Å². The lowest BCUT2D eigenvalue weighted by Gasteiger charge is -2.23. The van der Waals surface area contributed by atoms with Crippen LogP contribution in [0, 0.1) is 5.92 Å². The zero-order valence-corrected chi connectivity index (χ0v) is 14.4. The zero-order valence-electron chi connectivity index (χ0n) is 14.4. The average Bonchev–Trinajstić information content (AvgIpc) is 2.37. The third kappa shape index (κ3) is 5.84. The standard InChI is InChI=1S/C17H30N4/c1-12(2)8-18-9-15-16(21(7)11-13(3)4)10-19-17(20-15)14(5)6/h10,12,14,18H,3,8-9,11H2,1-2,4-7H3. The van der Waals surface area contributed by atoms with Crippen LogP contribution < -0.4 is 10.2 Å². The van der Waals surface area contributed by atoms with Gasteiger partial charge in [-0.3, -0.25) is 0 Å². The molecule has 0 amide bonds. The molecule has 4 nitrogen and oxygen atoms in total. The first-order chi connectivity index (χ1) is 9.81. The Hall–Kier alpha value is -1.42. The first-order valence-electron chi connectivity index (χ1n) is 7.73. The van der Waals surface area contributed by atoms with Crippen LogP contribution in [0.3, 0.4) is 0 Å². The molecule has 0 saturated carbocycles. The summed E-state index contributed by atoms with van der Waals surface area (Å²) in [4.78, 5) is 11.4. The van der Waals surface area contributed by atoms with Gasteiger partial charge in [-0.25, -0.2) is 9.97 Å². The molecule has 4 heteroatoms. The third-order valence-corrected chi connectivity index (χ3v) is 3.14. The Bertz CT molecular complexity index is 466. The van der Waals surface area contributed by atoms with E-state index in [2.05, 4.69) is 56.5 Å². The van der Waals surface area contributed by atoms with Crippen LogP contribution >= 0.6 is 0 Å². The van der Waals surface area contributed by atoms with Crippen molar-refractivity contribution in [1.82, 2.24) is 15.3 Å². The van der Waals surface area contributed by atoms with Crippen LogP contribution in [0.4, 0.5) is 5.69 Å². The SMILES string of the molecule is C=C(C)CN(C)c1cnc(C(C)C)nc1CNCC(C)C. The van der Waals surface area contributed by atoms with Crippen LogP contribution in [0.5, 0.6) is 0 Å². The van der Waals surface area contributed by atoms with Crippen LogP contribution in [0.2, 0.25) is 0 Å². The number of anilines is 1. The van der Waals surface area contributed by atoms with Crippen LogP contribution in [0.1, 0.15) is 52.1 Å². The summed E-state index contributed by atoms with van der Waals surface area (Å²) in [5.41, 5.74) is 3.28. The van der Waals surface area contributed by atoms with Gasteiger partial charge in [-0.2, -0.15) is 0 Å². The summed E-state index contributed by atoms with van der Waals surface area (Å²) in [6.07, 6.45) is 1.94. The topological polar surface area (TPSA) is 41.1 Å². The van der Waals surface area contributed by atoms with Gasteiger partial charge in [-0.15, -0.1) is 0 Å². The van der Waals surface area contributed by atoms with E-state index in [0.717, 1.165) is 42.4 Å². The van der Waals surface area contributed by atoms with Crippen molar-refractivity contribution in [2.45, 2.75) is 47.1 Å². The summed E-state index contributed by atoms with van der Waals surface area (Å²) in [6, 6.07) is 0. The van der Waals surface area contributed by atoms with Gasteiger partial charge in [0.25, 0.3) is 0 Å². The highest BCUT2D eigenvalue weighted by molar-refractivity contribution is 5.49. The van der Waals surface area contributed by atoms with E-state index >= 15 is 0 Å². The summed E-state index contributed by atoms with van der Waals surface area (Å²) >= 11 is 0. The predicted molar refractivity (Wildman–Crippen MR) is 90.7 cm³/mol. The van der Waals surface area contributed by atoms with Gasteiger partial charge < -0.3 is 10.2 Å². The third-order valence-electron chi connectivity index (χ3n) is 3.14. The molecule has 0 aromatic carbocycles.